The zero-order valence-electron chi connectivity index (χ0n) is 20.9. The molecule has 1 fully saturated rings. The molecule has 4 aromatic rings. The molecule has 3 aliphatic rings. The van der Waals surface area contributed by atoms with Crippen LogP contribution in [0.15, 0.2) is 66.0 Å². The van der Waals surface area contributed by atoms with E-state index in [0.717, 1.165) is 83.5 Å². The summed E-state index contributed by atoms with van der Waals surface area (Å²) >= 11 is 0. The van der Waals surface area contributed by atoms with Gasteiger partial charge in [-0.25, -0.2) is 0 Å². The van der Waals surface area contributed by atoms with Crippen LogP contribution in [0.4, 0.5) is 5.69 Å². The van der Waals surface area contributed by atoms with Gasteiger partial charge in [0, 0.05) is 47.7 Å². The Kier molecular flexibility index (Phi) is 5.39. The minimum absolute atomic E-state index is 0.0956. The summed E-state index contributed by atoms with van der Waals surface area (Å²) in [5.74, 6) is 0.793. The van der Waals surface area contributed by atoms with Crippen molar-refractivity contribution in [1.82, 2.24) is 14.5 Å². The average molecular weight is 495 g/mol. The first-order valence-electron chi connectivity index (χ1n) is 13.2. The molecule has 7 heteroatoms. The Morgan fingerprint density at radius 2 is 2.00 bits per heavy atom. The largest absolute Gasteiger partial charge is 0.425 e. The monoisotopic (exact) mass is 494 g/mol. The van der Waals surface area contributed by atoms with Gasteiger partial charge in [0.05, 0.1) is 16.7 Å². The molecular formula is C30H30N4O3. The van der Waals surface area contributed by atoms with Crippen LogP contribution in [0.3, 0.4) is 0 Å². The number of rotatable bonds is 4. The number of benzene rings is 2. The van der Waals surface area contributed by atoms with Crippen molar-refractivity contribution in [3.8, 4) is 11.8 Å². The maximum absolute atomic E-state index is 13.2. The van der Waals surface area contributed by atoms with E-state index in [9.17, 15) is 4.79 Å². The van der Waals surface area contributed by atoms with Crippen molar-refractivity contribution in [1.29, 1.82) is 0 Å². The van der Waals surface area contributed by atoms with Crippen molar-refractivity contribution in [2.24, 2.45) is 0 Å². The number of H-pyrrole nitrogens is 1. The number of imidazole rings is 1. The van der Waals surface area contributed by atoms with Gasteiger partial charge in [-0.1, -0.05) is 24.3 Å². The third-order valence-corrected chi connectivity index (χ3v) is 7.85. The number of para-hydroxylation sites is 2. The van der Waals surface area contributed by atoms with Crippen molar-refractivity contribution >= 4 is 22.5 Å². The summed E-state index contributed by atoms with van der Waals surface area (Å²) in [5, 5.41) is 3.56. The van der Waals surface area contributed by atoms with E-state index in [1.165, 1.54) is 0 Å². The molecule has 2 aliphatic heterocycles. The van der Waals surface area contributed by atoms with Gasteiger partial charge in [-0.15, -0.1) is 0 Å². The molecule has 2 unspecified atom stereocenters. The van der Waals surface area contributed by atoms with Crippen molar-refractivity contribution in [3.05, 3.63) is 82.8 Å². The fraction of sp³-hybridized carbons (Fsp3) is 0.333. The number of allylic oxidation sites excluding steroid dienone is 2. The molecule has 0 bridgehead atoms. The Bertz CT molecular complexity index is 1540. The van der Waals surface area contributed by atoms with Gasteiger partial charge in [0.25, 0.3) is 0 Å². The lowest BCUT2D eigenvalue weighted by Gasteiger charge is -2.32. The lowest BCUT2D eigenvalue weighted by atomic mass is 9.76. The molecule has 0 amide bonds. The van der Waals surface area contributed by atoms with Crippen LogP contribution >= 0.6 is 0 Å². The molecule has 0 spiro atoms. The second kappa shape index (κ2) is 8.92. The second-order valence-corrected chi connectivity index (χ2v) is 10.2. The first-order chi connectivity index (χ1) is 18.2. The van der Waals surface area contributed by atoms with E-state index in [0.29, 0.717) is 18.2 Å². The number of aromatic nitrogens is 3. The molecule has 2 N–H and O–H groups in total. The number of carbonyl (C=O) groups excluding carboxylic acids is 1. The van der Waals surface area contributed by atoms with E-state index in [1.807, 2.05) is 36.5 Å². The molecule has 7 rings (SSSR count). The van der Waals surface area contributed by atoms with Crippen LogP contribution in [0.1, 0.15) is 67.5 Å². The topological polar surface area (TPSA) is 81.2 Å². The first kappa shape index (κ1) is 22.4. The normalized spacial score (nSPS) is 21.5. The summed E-state index contributed by atoms with van der Waals surface area (Å²) in [6, 6.07) is 16.7. The molecule has 2 aromatic heterocycles. The van der Waals surface area contributed by atoms with Crippen LogP contribution in [-0.4, -0.2) is 26.9 Å². The van der Waals surface area contributed by atoms with Gasteiger partial charge in [0.2, 0.25) is 0 Å². The summed E-state index contributed by atoms with van der Waals surface area (Å²) in [7, 11) is 0. The minimum atomic E-state index is -0.131. The molecule has 0 saturated carbocycles. The molecule has 2 atom stereocenters. The lowest BCUT2D eigenvalue weighted by Crippen LogP contribution is -2.26. The van der Waals surface area contributed by atoms with Gasteiger partial charge in [-0.05, 0) is 68.9 Å². The Hall–Kier alpha value is -3.84. The zero-order chi connectivity index (χ0) is 24.9. The van der Waals surface area contributed by atoms with Crippen LogP contribution in [0, 0.1) is 6.92 Å². The quantitative estimate of drug-likeness (QED) is 0.329. The highest BCUT2D eigenvalue weighted by Gasteiger charge is 2.36. The number of carbonyl (C=O) groups is 1. The average Bonchev–Trinajstić information content (AvgIpc) is 3.48. The smallest absolute Gasteiger partial charge is 0.305 e. The highest BCUT2D eigenvalue weighted by Crippen LogP contribution is 2.47. The summed E-state index contributed by atoms with van der Waals surface area (Å²) in [6.07, 6.45) is 7.43. The third-order valence-electron chi connectivity index (χ3n) is 7.85. The fourth-order valence-electron chi connectivity index (χ4n) is 6.08. The maximum atomic E-state index is 13.2. The van der Waals surface area contributed by atoms with E-state index in [2.05, 4.69) is 40.0 Å². The molecular weight excluding hydrogens is 464 g/mol. The van der Waals surface area contributed by atoms with Crippen molar-refractivity contribution in [2.45, 2.75) is 57.6 Å². The summed E-state index contributed by atoms with van der Waals surface area (Å²) in [6.45, 7) is 2.81. The van der Waals surface area contributed by atoms with Gasteiger partial charge in [0.15, 0.2) is 5.78 Å². The predicted molar refractivity (Wildman–Crippen MR) is 142 cm³/mol. The van der Waals surface area contributed by atoms with E-state index in [-0.39, 0.29) is 17.9 Å². The predicted octanol–water partition coefficient (Wildman–Crippen LogP) is 6.73. The molecule has 1 saturated heterocycles. The summed E-state index contributed by atoms with van der Waals surface area (Å²) in [5.41, 5.74) is 8.14. The van der Waals surface area contributed by atoms with E-state index >= 15 is 0 Å². The number of anilines is 1. The summed E-state index contributed by atoms with van der Waals surface area (Å²) in [4.78, 5) is 21.3. The number of nitrogens with one attached hydrogen (secondary N) is 2. The highest BCUT2D eigenvalue weighted by atomic mass is 16.5. The van der Waals surface area contributed by atoms with Crippen molar-refractivity contribution < 1.29 is 14.3 Å². The van der Waals surface area contributed by atoms with E-state index in [4.69, 9.17) is 14.5 Å². The SMILES string of the molecule is Cc1[nH]cc2c1NC1=C(C(=O)CCC1)C2c1cccc(Oc2nc3ccccc3n2C2CCCCO2)c1. The first-order valence-corrected chi connectivity index (χ1v) is 13.2. The van der Waals surface area contributed by atoms with Crippen LogP contribution in [0.25, 0.3) is 11.0 Å². The number of nitrogens with zero attached hydrogens (tertiary/aromatic N) is 2. The molecule has 1 aliphatic carbocycles. The maximum Gasteiger partial charge on any atom is 0.305 e. The standard InChI is InChI=1S/C30H30N4O3/c1-18-29-21(17-31-18)27(28-23(32-29)11-7-13-25(28)35)19-8-6-9-20(16-19)37-30-33-22-10-2-3-12-24(22)34(30)26-14-4-5-15-36-26/h2-3,6,8-10,12,16-17,26-27,31-32H,4-5,7,11,13-15H2,1H3. The Morgan fingerprint density at radius 1 is 1.08 bits per heavy atom. The summed E-state index contributed by atoms with van der Waals surface area (Å²) < 4.78 is 14.7. The molecule has 188 valence electrons. The van der Waals surface area contributed by atoms with Crippen LogP contribution in [0.5, 0.6) is 11.8 Å². The number of hydrogen-bond donors (Lipinski definition) is 2. The van der Waals surface area contributed by atoms with Crippen LogP contribution < -0.4 is 10.1 Å². The van der Waals surface area contributed by atoms with Gasteiger partial charge >= 0.3 is 6.01 Å². The van der Waals surface area contributed by atoms with Gasteiger partial charge in [0.1, 0.15) is 12.0 Å². The number of aryl methyl sites for hydroxylation is 1. The molecule has 37 heavy (non-hydrogen) atoms. The molecule has 7 nitrogen and oxygen atoms in total. The van der Waals surface area contributed by atoms with Gasteiger partial charge < -0.3 is 19.8 Å². The lowest BCUT2D eigenvalue weighted by molar-refractivity contribution is -0.116. The number of fused-ring (bicyclic) bond motifs is 2. The Labute approximate surface area is 215 Å². The Balaban J connectivity index is 1.30. The number of hydrogen-bond acceptors (Lipinski definition) is 5. The van der Waals surface area contributed by atoms with Gasteiger partial charge in [-0.2, -0.15) is 4.98 Å². The number of ketones is 1. The molecule has 4 heterocycles. The van der Waals surface area contributed by atoms with Crippen LogP contribution in [-0.2, 0) is 9.53 Å². The minimum Gasteiger partial charge on any atom is -0.425 e. The number of Topliss-reactive ketones (excluding diaryl/α,β-unsaturated/α-hetero) is 1. The number of ether oxygens (including phenoxy) is 2. The molecule has 2 aromatic carbocycles. The highest BCUT2D eigenvalue weighted by molar-refractivity contribution is 6.01. The van der Waals surface area contributed by atoms with Gasteiger partial charge in [-0.3, -0.25) is 9.36 Å². The Morgan fingerprint density at radius 3 is 2.89 bits per heavy atom. The van der Waals surface area contributed by atoms with E-state index in [1.54, 1.807) is 0 Å². The number of aromatic amines is 1. The fourth-order valence-corrected chi connectivity index (χ4v) is 6.08. The van der Waals surface area contributed by atoms with Crippen molar-refractivity contribution in [3.63, 3.8) is 0 Å². The van der Waals surface area contributed by atoms with E-state index < -0.39 is 0 Å². The van der Waals surface area contributed by atoms with Crippen molar-refractivity contribution in [2.75, 3.05) is 11.9 Å². The third kappa shape index (κ3) is 3.76. The molecule has 0 radical (unpaired) electrons. The zero-order valence-corrected chi connectivity index (χ0v) is 20.9. The van der Waals surface area contributed by atoms with Crippen LogP contribution in [0.2, 0.25) is 0 Å². The second-order valence-electron chi connectivity index (χ2n) is 10.2.